The number of nitrogens with zero attached hydrogens (tertiary/aromatic N) is 1. The van der Waals surface area contributed by atoms with Gasteiger partial charge in [-0.1, -0.05) is 18.2 Å². The van der Waals surface area contributed by atoms with Gasteiger partial charge in [-0.05, 0) is 84.6 Å². The fourth-order valence-electron chi connectivity index (χ4n) is 4.21. The summed E-state index contributed by atoms with van der Waals surface area (Å²) in [6, 6.07) is 24.4. The minimum absolute atomic E-state index is 0.0488. The zero-order valence-electron chi connectivity index (χ0n) is 19.7. The van der Waals surface area contributed by atoms with E-state index in [2.05, 4.69) is 0 Å². The van der Waals surface area contributed by atoms with Gasteiger partial charge in [0, 0.05) is 16.1 Å². The summed E-state index contributed by atoms with van der Waals surface area (Å²) in [6.45, 7) is 1.99. The van der Waals surface area contributed by atoms with Crippen molar-refractivity contribution < 1.29 is 24.2 Å². The Hall–Kier alpha value is -4.36. The Kier molecular flexibility index (Phi) is 6.31. The number of carbonyl (C=O) groups excluding carboxylic acids is 2. The summed E-state index contributed by atoms with van der Waals surface area (Å²) >= 11 is 1.42. The van der Waals surface area contributed by atoms with Gasteiger partial charge in [0.2, 0.25) is 0 Å². The van der Waals surface area contributed by atoms with E-state index in [9.17, 15) is 14.7 Å². The number of methoxy groups -OCH3 is 1. The van der Waals surface area contributed by atoms with Gasteiger partial charge in [0.15, 0.2) is 0 Å². The van der Waals surface area contributed by atoms with Crippen molar-refractivity contribution in [3.8, 4) is 17.2 Å². The zero-order chi connectivity index (χ0) is 25.2. The Bertz CT molecular complexity index is 1440. The summed E-state index contributed by atoms with van der Waals surface area (Å²) in [5, 5.41) is 13.0. The molecule has 6 nitrogen and oxygen atoms in total. The standard InChI is InChI=1S/C29H23NO5S/c1-18-5-3-6-23(17-18)35-22-14-10-20(11-15-22)30-26(24-7-4-16-36-24)25(28(32)29(30)33)27(31)19-8-12-21(34-2)13-9-19/h3-17,26,31H,1-2H3/b27-25-. The highest BCUT2D eigenvalue weighted by molar-refractivity contribution is 7.10. The normalized spacial score (nSPS) is 16.8. The average Bonchev–Trinajstić information content (AvgIpc) is 3.51. The van der Waals surface area contributed by atoms with Gasteiger partial charge in [0.05, 0.1) is 12.7 Å². The number of anilines is 1. The van der Waals surface area contributed by atoms with Crippen LogP contribution in [0.5, 0.6) is 17.2 Å². The van der Waals surface area contributed by atoms with E-state index in [4.69, 9.17) is 9.47 Å². The van der Waals surface area contributed by atoms with Gasteiger partial charge in [0.25, 0.3) is 11.7 Å². The fourth-order valence-corrected chi connectivity index (χ4v) is 5.03. The Labute approximate surface area is 212 Å². The van der Waals surface area contributed by atoms with Crippen LogP contribution in [0, 0.1) is 6.92 Å². The third-order valence-electron chi connectivity index (χ3n) is 5.96. The number of Topliss-reactive ketones (excluding diaryl/α,β-unsaturated/α-hetero) is 1. The van der Waals surface area contributed by atoms with Gasteiger partial charge < -0.3 is 14.6 Å². The molecule has 0 aliphatic carbocycles. The molecule has 1 N–H and O–H groups in total. The van der Waals surface area contributed by atoms with Crippen LogP contribution in [0.1, 0.15) is 22.0 Å². The Morgan fingerprint density at radius 3 is 2.25 bits per heavy atom. The zero-order valence-corrected chi connectivity index (χ0v) is 20.5. The molecular weight excluding hydrogens is 474 g/mol. The van der Waals surface area contributed by atoms with E-state index in [-0.39, 0.29) is 11.3 Å². The molecule has 1 aliphatic heterocycles. The third-order valence-corrected chi connectivity index (χ3v) is 6.89. The molecule has 0 spiro atoms. The first kappa shape index (κ1) is 23.4. The van der Waals surface area contributed by atoms with Crippen LogP contribution in [0.15, 0.2) is 95.9 Å². The molecule has 1 fully saturated rings. The molecule has 1 amide bonds. The number of aliphatic hydroxyl groups is 1. The van der Waals surface area contributed by atoms with E-state index >= 15 is 0 Å². The van der Waals surface area contributed by atoms with Crippen molar-refractivity contribution in [2.75, 3.05) is 12.0 Å². The monoisotopic (exact) mass is 497 g/mol. The van der Waals surface area contributed by atoms with Gasteiger partial charge in [-0.2, -0.15) is 0 Å². The largest absolute Gasteiger partial charge is 0.507 e. The maximum atomic E-state index is 13.3. The van der Waals surface area contributed by atoms with E-state index in [1.165, 1.54) is 16.2 Å². The molecule has 0 radical (unpaired) electrons. The van der Waals surface area contributed by atoms with Crippen molar-refractivity contribution in [2.45, 2.75) is 13.0 Å². The van der Waals surface area contributed by atoms with Crippen LogP contribution in [0.3, 0.4) is 0 Å². The summed E-state index contributed by atoms with van der Waals surface area (Å²) in [5.41, 5.74) is 2.09. The van der Waals surface area contributed by atoms with Gasteiger partial charge in [-0.25, -0.2) is 0 Å². The maximum Gasteiger partial charge on any atom is 0.300 e. The summed E-state index contributed by atoms with van der Waals surface area (Å²) < 4.78 is 11.1. The van der Waals surface area contributed by atoms with Crippen molar-refractivity contribution in [2.24, 2.45) is 0 Å². The number of benzene rings is 3. The van der Waals surface area contributed by atoms with E-state index in [0.717, 1.165) is 10.4 Å². The van der Waals surface area contributed by atoms with Crippen LogP contribution in [-0.4, -0.2) is 23.9 Å². The molecule has 5 rings (SSSR count). The summed E-state index contributed by atoms with van der Waals surface area (Å²) in [5.74, 6) is 0.275. The summed E-state index contributed by atoms with van der Waals surface area (Å²) in [4.78, 5) is 28.7. The van der Waals surface area contributed by atoms with Crippen molar-refractivity contribution in [1.29, 1.82) is 0 Å². The van der Waals surface area contributed by atoms with Crippen LogP contribution >= 0.6 is 11.3 Å². The second-order valence-electron chi connectivity index (χ2n) is 8.33. The van der Waals surface area contributed by atoms with Crippen molar-refractivity contribution in [3.05, 3.63) is 112 Å². The number of hydrogen-bond donors (Lipinski definition) is 1. The number of amides is 1. The molecule has 180 valence electrons. The van der Waals surface area contributed by atoms with Gasteiger partial charge in [-0.15, -0.1) is 11.3 Å². The number of rotatable bonds is 6. The first-order chi connectivity index (χ1) is 17.5. The minimum atomic E-state index is -0.754. The first-order valence-corrected chi connectivity index (χ1v) is 12.2. The van der Waals surface area contributed by atoms with Gasteiger partial charge in [-0.3, -0.25) is 14.5 Å². The molecule has 1 saturated heterocycles. The van der Waals surface area contributed by atoms with E-state index in [1.807, 2.05) is 48.7 Å². The predicted molar refractivity (Wildman–Crippen MR) is 140 cm³/mol. The fraction of sp³-hybridized carbons (Fsp3) is 0.103. The number of thiophene rings is 1. The lowest BCUT2D eigenvalue weighted by molar-refractivity contribution is -0.132. The molecule has 1 aromatic heterocycles. The van der Waals surface area contributed by atoms with Crippen LogP contribution in [0.25, 0.3) is 5.76 Å². The lowest BCUT2D eigenvalue weighted by atomic mass is 9.99. The molecule has 36 heavy (non-hydrogen) atoms. The molecule has 4 aromatic rings. The van der Waals surface area contributed by atoms with E-state index in [1.54, 1.807) is 55.6 Å². The van der Waals surface area contributed by atoms with Gasteiger partial charge >= 0.3 is 0 Å². The molecular formula is C29H23NO5S. The van der Waals surface area contributed by atoms with E-state index in [0.29, 0.717) is 28.5 Å². The molecule has 7 heteroatoms. The lowest BCUT2D eigenvalue weighted by Gasteiger charge is -2.24. The number of ketones is 1. The van der Waals surface area contributed by atoms with E-state index < -0.39 is 17.7 Å². The summed E-state index contributed by atoms with van der Waals surface area (Å²) in [6.07, 6.45) is 0. The summed E-state index contributed by atoms with van der Waals surface area (Å²) in [7, 11) is 1.55. The van der Waals surface area contributed by atoms with Crippen molar-refractivity contribution >= 4 is 34.5 Å². The quantitative estimate of drug-likeness (QED) is 0.187. The molecule has 3 aromatic carbocycles. The van der Waals surface area contributed by atoms with Crippen LogP contribution in [0.4, 0.5) is 5.69 Å². The number of hydrogen-bond acceptors (Lipinski definition) is 6. The molecule has 0 bridgehead atoms. The highest BCUT2D eigenvalue weighted by Crippen LogP contribution is 2.44. The number of ether oxygens (including phenoxy) is 2. The first-order valence-electron chi connectivity index (χ1n) is 11.3. The molecule has 0 saturated carbocycles. The van der Waals surface area contributed by atoms with Crippen LogP contribution in [0.2, 0.25) is 0 Å². The Morgan fingerprint density at radius 1 is 0.889 bits per heavy atom. The molecule has 1 atom stereocenters. The number of carbonyl (C=O) groups is 2. The molecule has 2 heterocycles. The highest BCUT2D eigenvalue weighted by Gasteiger charge is 2.47. The third kappa shape index (κ3) is 4.36. The minimum Gasteiger partial charge on any atom is -0.507 e. The van der Waals surface area contributed by atoms with Crippen LogP contribution < -0.4 is 14.4 Å². The highest BCUT2D eigenvalue weighted by atomic mass is 32.1. The maximum absolute atomic E-state index is 13.3. The SMILES string of the molecule is COc1ccc(/C(O)=C2/C(=O)C(=O)N(c3ccc(Oc4cccc(C)c4)cc3)C2c2cccs2)cc1. The lowest BCUT2D eigenvalue weighted by Crippen LogP contribution is -2.29. The average molecular weight is 498 g/mol. The second kappa shape index (κ2) is 9.71. The van der Waals surface area contributed by atoms with Gasteiger partial charge in [0.1, 0.15) is 29.0 Å². The second-order valence-corrected chi connectivity index (χ2v) is 9.30. The van der Waals surface area contributed by atoms with Crippen molar-refractivity contribution in [1.82, 2.24) is 0 Å². The predicted octanol–water partition coefficient (Wildman–Crippen LogP) is 6.48. The van der Waals surface area contributed by atoms with Crippen LogP contribution in [-0.2, 0) is 9.59 Å². The Morgan fingerprint density at radius 2 is 1.61 bits per heavy atom. The Balaban J connectivity index is 1.53. The molecule has 1 aliphatic rings. The number of aliphatic hydroxyl groups excluding tert-OH is 1. The molecule has 1 unspecified atom stereocenters. The smallest absolute Gasteiger partial charge is 0.300 e. The van der Waals surface area contributed by atoms with Crippen molar-refractivity contribution in [3.63, 3.8) is 0 Å². The number of aryl methyl sites for hydroxylation is 1. The topological polar surface area (TPSA) is 76.1 Å².